The van der Waals surface area contributed by atoms with Crippen LogP contribution in [0.3, 0.4) is 0 Å². The lowest BCUT2D eigenvalue weighted by atomic mass is 10.1. The quantitative estimate of drug-likeness (QED) is 0.667. The van der Waals surface area contributed by atoms with Gasteiger partial charge in [-0.05, 0) is 6.42 Å². The fraction of sp³-hybridized carbons (Fsp3) is 0.222. The number of carbonyl (C=O) groups excluding carboxylic acids is 1. The molecule has 2 rings (SSSR count). The Morgan fingerprint density at radius 1 is 1.23 bits per heavy atom. The monoisotopic (exact) mass is 184 g/mol. The van der Waals surface area contributed by atoms with Gasteiger partial charge in [0.1, 0.15) is 5.82 Å². The van der Waals surface area contributed by atoms with Crippen LogP contribution in [0.25, 0.3) is 0 Å². The van der Waals surface area contributed by atoms with Crippen LogP contribution in [0.2, 0.25) is 0 Å². The molecule has 13 heavy (non-hydrogen) atoms. The van der Waals surface area contributed by atoms with Crippen molar-refractivity contribution in [2.24, 2.45) is 0 Å². The molecule has 0 atom stereocenters. The van der Waals surface area contributed by atoms with Gasteiger partial charge >= 0.3 is 0 Å². The number of hydrogen-bond acceptors (Lipinski definition) is 2. The standard InChI is InChI=1S/C9H6F2O2/c10-5-3-6(11)9(13)4-1-2-7(12)8(4)5/h3,13H,1-2H2. The Morgan fingerprint density at radius 2 is 1.92 bits per heavy atom. The largest absolute Gasteiger partial charge is 0.505 e. The van der Waals surface area contributed by atoms with E-state index in [2.05, 4.69) is 0 Å². The lowest BCUT2D eigenvalue weighted by molar-refractivity contribution is 0.0991. The van der Waals surface area contributed by atoms with Crippen molar-refractivity contribution in [3.05, 3.63) is 28.8 Å². The van der Waals surface area contributed by atoms with E-state index in [1.165, 1.54) is 0 Å². The van der Waals surface area contributed by atoms with E-state index in [9.17, 15) is 13.6 Å². The van der Waals surface area contributed by atoms with Gasteiger partial charge in [0.15, 0.2) is 17.3 Å². The zero-order chi connectivity index (χ0) is 9.59. The summed E-state index contributed by atoms with van der Waals surface area (Å²) in [5.41, 5.74) is -0.0543. The van der Waals surface area contributed by atoms with E-state index in [0.29, 0.717) is 6.07 Å². The fourth-order valence-corrected chi connectivity index (χ4v) is 1.57. The van der Waals surface area contributed by atoms with Gasteiger partial charge < -0.3 is 5.11 Å². The third kappa shape index (κ3) is 1.02. The summed E-state index contributed by atoms with van der Waals surface area (Å²) >= 11 is 0. The molecule has 1 aromatic rings. The second kappa shape index (κ2) is 2.52. The Kier molecular flexibility index (Phi) is 1.58. The molecule has 1 N–H and O–H groups in total. The fourth-order valence-electron chi connectivity index (χ4n) is 1.57. The summed E-state index contributed by atoms with van der Waals surface area (Å²) in [6.07, 6.45) is 0.359. The molecule has 0 aliphatic heterocycles. The van der Waals surface area contributed by atoms with Crippen LogP contribution in [0.15, 0.2) is 6.07 Å². The second-order valence-corrected chi connectivity index (χ2v) is 2.97. The van der Waals surface area contributed by atoms with Crippen molar-refractivity contribution in [2.45, 2.75) is 12.8 Å². The van der Waals surface area contributed by atoms with Gasteiger partial charge in [0.25, 0.3) is 0 Å². The minimum atomic E-state index is -1.01. The second-order valence-electron chi connectivity index (χ2n) is 2.97. The molecule has 0 spiro atoms. The van der Waals surface area contributed by atoms with Crippen molar-refractivity contribution in [3.63, 3.8) is 0 Å². The van der Waals surface area contributed by atoms with Gasteiger partial charge in [-0.3, -0.25) is 4.79 Å². The van der Waals surface area contributed by atoms with Crippen LogP contribution >= 0.6 is 0 Å². The zero-order valence-corrected chi connectivity index (χ0v) is 6.60. The molecule has 0 saturated carbocycles. The van der Waals surface area contributed by atoms with Crippen LogP contribution in [0, 0.1) is 11.6 Å². The van der Waals surface area contributed by atoms with Crippen molar-refractivity contribution < 1.29 is 18.7 Å². The highest BCUT2D eigenvalue weighted by Crippen LogP contribution is 2.33. The summed E-state index contributed by atoms with van der Waals surface area (Å²) in [4.78, 5) is 11.1. The molecule has 68 valence electrons. The Balaban J connectivity index is 2.76. The van der Waals surface area contributed by atoms with Crippen LogP contribution in [0.4, 0.5) is 8.78 Å². The van der Waals surface area contributed by atoms with E-state index >= 15 is 0 Å². The summed E-state index contributed by atoms with van der Waals surface area (Å²) in [6.45, 7) is 0. The maximum absolute atomic E-state index is 13.0. The molecule has 0 aromatic heterocycles. The van der Waals surface area contributed by atoms with Gasteiger partial charge in [0.05, 0.1) is 5.56 Å². The molecule has 2 nitrogen and oxygen atoms in total. The first-order chi connectivity index (χ1) is 6.11. The summed E-state index contributed by atoms with van der Waals surface area (Å²) in [5.74, 6) is -2.86. The predicted octanol–water partition coefficient (Wildman–Crippen LogP) is 1.80. The molecular weight excluding hydrogens is 178 g/mol. The van der Waals surface area contributed by atoms with Crippen molar-refractivity contribution in [1.82, 2.24) is 0 Å². The molecule has 0 radical (unpaired) electrons. The average Bonchev–Trinajstić information content (AvgIpc) is 2.44. The minimum Gasteiger partial charge on any atom is -0.505 e. The van der Waals surface area contributed by atoms with Crippen LogP contribution in [-0.2, 0) is 6.42 Å². The Bertz CT molecular complexity index is 399. The zero-order valence-electron chi connectivity index (χ0n) is 6.60. The lowest BCUT2D eigenvalue weighted by Crippen LogP contribution is -1.97. The van der Waals surface area contributed by atoms with Gasteiger partial charge in [0.2, 0.25) is 0 Å². The van der Waals surface area contributed by atoms with E-state index in [1.807, 2.05) is 0 Å². The Hall–Kier alpha value is -1.45. The van der Waals surface area contributed by atoms with E-state index < -0.39 is 17.4 Å². The molecule has 0 heterocycles. The van der Waals surface area contributed by atoms with Gasteiger partial charge in [-0.25, -0.2) is 8.78 Å². The summed E-state index contributed by atoms with van der Waals surface area (Å²) < 4.78 is 25.8. The Morgan fingerprint density at radius 3 is 2.62 bits per heavy atom. The summed E-state index contributed by atoms with van der Waals surface area (Å²) in [5, 5.41) is 9.17. The maximum Gasteiger partial charge on any atom is 0.168 e. The van der Waals surface area contributed by atoms with Gasteiger partial charge in [-0.2, -0.15) is 0 Å². The number of aromatic hydroxyl groups is 1. The molecule has 0 amide bonds. The molecule has 1 aliphatic rings. The highest BCUT2D eigenvalue weighted by molar-refractivity contribution is 6.01. The number of phenols is 1. The minimum absolute atomic E-state index is 0.0995. The highest BCUT2D eigenvalue weighted by atomic mass is 19.1. The molecule has 0 saturated heterocycles. The van der Waals surface area contributed by atoms with Gasteiger partial charge in [-0.1, -0.05) is 0 Å². The van der Waals surface area contributed by atoms with E-state index in [4.69, 9.17) is 5.11 Å². The van der Waals surface area contributed by atoms with Crippen LogP contribution in [0.5, 0.6) is 5.75 Å². The highest BCUT2D eigenvalue weighted by Gasteiger charge is 2.28. The third-order valence-electron chi connectivity index (χ3n) is 2.19. The topological polar surface area (TPSA) is 37.3 Å². The average molecular weight is 184 g/mol. The number of hydrogen-bond donors (Lipinski definition) is 1. The van der Waals surface area contributed by atoms with E-state index in [-0.39, 0.29) is 29.8 Å². The molecule has 1 aromatic carbocycles. The normalized spacial score (nSPS) is 14.8. The smallest absolute Gasteiger partial charge is 0.168 e. The van der Waals surface area contributed by atoms with Crippen LogP contribution in [0.1, 0.15) is 22.3 Å². The number of rotatable bonds is 0. The number of halogens is 2. The number of benzene rings is 1. The Labute approximate surface area is 72.8 Å². The summed E-state index contributed by atoms with van der Waals surface area (Å²) in [7, 11) is 0. The third-order valence-corrected chi connectivity index (χ3v) is 2.19. The van der Waals surface area contributed by atoms with Crippen LogP contribution < -0.4 is 0 Å². The number of Topliss-reactive ketones (excluding diaryl/α,β-unsaturated/α-hetero) is 1. The number of fused-ring (bicyclic) bond motifs is 1. The number of phenolic OH excluding ortho intramolecular Hbond substituents is 1. The van der Waals surface area contributed by atoms with E-state index in [0.717, 1.165) is 0 Å². The van der Waals surface area contributed by atoms with Gasteiger partial charge in [-0.15, -0.1) is 0 Å². The predicted molar refractivity (Wildman–Crippen MR) is 40.7 cm³/mol. The van der Waals surface area contributed by atoms with Crippen molar-refractivity contribution in [2.75, 3.05) is 0 Å². The maximum atomic E-state index is 13.0. The molecular formula is C9H6F2O2. The SMILES string of the molecule is O=C1CCc2c(O)c(F)cc(F)c21. The molecule has 0 fully saturated rings. The molecule has 4 heteroatoms. The first-order valence-corrected chi connectivity index (χ1v) is 3.84. The van der Waals surface area contributed by atoms with Crippen molar-refractivity contribution in [3.8, 4) is 5.75 Å². The molecule has 0 bridgehead atoms. The molecule has 1 aliphatic carbocycles. The van der Waals surface area contributed by atoms with Crippen LogP contribution in [-0.4, -0.2) is 10.9 Å². The van der Waals surface area contributed by atoms with Gasteiger partial charge in [0, 0.05) is 18.1 Å². The first kappa shape index (κ1) is 8.16. The van der Waals surface area contributed by atoms with Crippen molar-refractivity contribution >= 4 is 5.78 Å². The number of ketones is 1. The molecule has 0 unspecified atom stereocenters. The number of carbonyl (C=O) groups is 1. The summed E-state index contributed by atoms with van der Waals surface area (Å²) in [6, 6.07) is 0.539. The van der Waals surface area contributed by atoms with Crippen molar-refractivity contribution in [1.29, 1.82) is 0 Å². The van der Waals surface area contributed by atoms with E-state index in [1.54, 1.807) is 0 Å². The lowest BCUT2D eigenvalue weighted by Gasteiger charge is -2.03. The first-order valence-electron chi connectivity index (χ1n) is 3.84.